The number of aromatic nitrogens is 2. The smallest absolute Gasteiger partial charge is 0.303 e. The number of carboxylic acids is 1. The highest BCUT2D eigenvalue weighted by Crippen LogP contribution is 2.10. The van der Waals surface area contributed by atoms with Crippen molar-refractivity contribution >= 4 is 5.97 Å². The molecule has 0 aliphatic heterocycles. The van der Waals surface area contributed by atoms with Gasteiger partial charge in [0.2, 0.25) is 0 Å². The van der Waals surface area contributed by atoms with E-state index in [-0.39, 0.29) is 6.42 Å². The minimum Gasteiger partial charge on any atom is -0.481 e. The van der Waals surface area contributed by atoms with Gasteiger partial charge in [-0.15, -0.1) is 0 Å². The molecule has 0 amide bonds. The number of hydrogen-bond donors (Lipinski definition) is 1. The predicted octanol–water partition coefficient (Wildman–Crippen LogP) is 2.67. The SMILES string of the molecule is O=C(O)CCCCc1cnn(-c2ccccc2)c1. The van der Waals surface area contributed by atoms with E-state index in [1.165, 1.54) is 0 Å². The zero-order chi connectivity index (χ0) is 12.8. The van der Waals surface area contributed by atoms with Crippen LogP contribution in [0.2, 0.25) is 0 Å². The van der Waals surface area contributed by atoms with E-state index in [1.807, 2.05) is 47.4 Å². The first-order valence-corrected chi connectivity index (χ1v) is 6.06. The first-order valence-electron chi connectivity index (χ1n) is 6.06. The highest BCUT2D eigenvalue weighted by molar-refractivity contribution is 5.66. The Labute approximate surface area is 106 Å². The number of aryl methyl sites for hydroxylation is 1. The van der Waals surface area contributed by atoms with Crippen LogP contribution in [0.5, 0.6) is 0 Å². The molecule has 2 rings (SSSR count). The van der Waals surface area contributed by atoms with Gasteiger partial charge in [-0.2, -0.15) is 5.10 Å². The average Bonchev–Trinajstić information content (AvgIpc) is 2.84. The molecular weight excluding hydrogens is 228 g/mol. The number of aliphatic carboxylic acids is 1. The molecule has 0 unspecified atom stereocenters. The first kappa shape index (κ1) is 12.4. The summed E-state index contributed by atoms with van der Waals surface area (Å²) in [4.78, 5) is 10.4. The van der Waals surface area contributed by atoms with Crippen LogP contribution < -0.4 is 0 Å². The minimum atomic E-state index is -0.727. The normalized spacial score (nSPS) is 10.4. The van der Waals surface area contributed by atoms with Crippen LogP contribution in [0.25, 0.3) is 5.69 Å². The van der Waals surface area contributed by atoms with E-state index in [0.29, 0.717) is 6.42 Å². The monoisotopic (exact) mass is 244 g/mol. The molecule has 1 N–H and O–H groups in total. The molecule has 18 heavy (non-hydrogen) atoms. The Morgan fingerprint density at radius 1 is 1.22 bits per heavy atom. The molecule has 0 aliphatic carbocycles. The summed E-state index contributed by atoms with van der Waals surface area (Å²) in [5.41, 5.74) is 2.18. The fourth-order valence-electron chi connectivity index (χ4n) is 1.82. The van der Waals surface area contributed by atoms with E-state index in [1.54, 1.807) is 0 Å². The van der Waals surface area contributed by atoms with Crippen LogP contribution in [0.1, 0.15) is 24.8 Å². The van der Waals surface area contributed by atoms with Crippen LogP contribution in [-0.2, 0) is 11.2 Å². The number of para-hydroxylation sites is 1. The van der Waals surface area contributed by atoms with E-state index < -0.39 is 5.97 Å². The van der Waals surface area contributed by atoms with Crippen molar-refractivity contribution in [3.63, 3.8) is 0 Å². The molecule has 0 fully saturated rings. The molecule has 0 spiro atoms. The lowest BCUT2D eigenvalue weighted by atomic mass is 10.1. The highest BCUT2D eigenvalue weighted by atomic mass is 16.4. The molecule has 1 aromatic carbocycles. The fraction of sp³-hybridized carbons (Fsp3) is 0.286. The molecule has 94 valence electrons. The lowest BCUT2D eigenvalue weighted by Gasteiger charge is -1.99. The first-order chi connectivity index (χ1) is 8.75. The standard InChI is InChI=1S/C14H16N2O2/c17-14(18)9-5-4-6-12-10-15-16(11-12)13-7-2-1-3-8-13/h1-3,7-8,10-11H,4-6,9H2,(H,17,18). The van der Waals surface area contributed by atoms with Crippen LogP contribution in [0, 0.1) is 0 Å². The average molecular weight is 244 g/mol. The van der Waals surface area contributed by atoms with E-state index >= 15 is 0 Å². The van der Waals surface area contributed by atoms with E-state index in [2.05, 4.69) is 5.10 Å². The van der Waals surface area contributed by atoms with Gasteiger partial charge in [0, 0.05) is 12.6 Å². The maximum atomic E-state index is 10.4. The van der Waals surface area contributed by atoms with Crippen molar-refractivity contribution in [3.05, 3.63) is 48.3 Å². The van der Waals surface area contributed by atoms with E-state index in [9.17, 15) is 4.79 Å². The van der Waals surface area contributed by atoms with Crippen LogP contribution in [0.3, 0.4) is 0 Å². The number of hydrogen-bond acceptors (Lipinski definition) is 2. The number of carboxylic acid groups (broad SMARTS) is 1. The molecule has 0 saturated carbocycles. The zero-order valence-electron chi connectivity index (χ0n) is 10.1. The van der Waals surface area contributed by atoms with Gasteiger partial charge in [0.25, 0.3) is 0 Å². The maximum Gasteiger partial charge on any atom is 0.303 e. The lowest BCUT2D eigenvalue weighted by molar-refractivity contribution is -0.137. The third-order valence-corrected chi connectivity index (χ3v) is 2.76. The third-order valence-electron chi connectivity index (χ3n) is 2.76. The molecule has 2 aromatic rings. The van der Waals surface area contributed by atoms with Crippen molar-refractivity contribution in [2.45, 2.75) is 25.7 Å². The molecule has 0 radical (unpaired) electrons. The van der Waals surface area contributed by atoms with Crippen LogP contribution in [0.4, 0.5) is 0 Å². The van der Waals surface area contributed by atoms with Gasteiger partial charge in [-0.3, -0.25) is 4.79 Å². The Bertz CT molecular complexity index is 506. The van der Waals surface area contributed by atoms with E-state index in [0.717, 1.165) is 24.1 Å². The summed E-state index contributed by atoms with van der Waals surface area (Å²) in [7, 11) is 0. The zero-order valence-corrected chi connectivity index (χ0v) is 10.1. The summed E-state index contributed by atoms with van der Waals surface area (Å²) < 4.78 is 1.84. The molecular formula is C14H16N2O2. The molecule has 0 atom stereocenters. The second-order valence-electron chi connectivity index (χ2n) is 4.23. The van der Waals surface area contributed by atoms with Crippen LogP contribution in [0.15, 0.2) is 42.7 Å². The molecule has 1 heterocycles. The van der Waals surface area contributed by atoms with Crippen molar-refractivity contribution in [1.29, 1.82) is 0 Å². The Hall–Kier alpha value is -2.10. The minimum absolute atomic E-state index is 0.243. The van der Waals surface area contributed by atoms with Gasteiger partial charge in [0.15, 0.2) is 0 Å². The largest absolute Gasteiger partial charge is 0.481 e. The maximum absolute atomic E-state index is 10.4. The summed E-state index contributed by atoms with van der Waals surface area (Å²) in [6.45, 7) is 0. The quantitative estimate of drug-likeness (QED) is 0.795. The number of benzene rings is 1. The molecule has 1 aromatic heterocycles. The predicted molar refractivity (Wildman–Crippen MR) is 68.8 cm³/mol. The number of nitrogens with zero attached hydrogens (tertiary/aromatic N) is 2. The van der Waals surface area contributed by atoms with Gasteiger partial charge in [0.1, 0.15) is 0 Å². The van der Waals surface area contributed by atoms with Crippen molar-refractivity contribution in [3.8, 4) is 5.69 Å². The second-order valence-corrected chi connectivity index (χ2v) is 4.23. The van der Waals surface area contributed by atoms with Gasteiger partial charge >= 0.3 is 5.97 Å². The summed E-state index contributed by atoms with van der Waals surface area (Å²) in [6.07, 6.45) is 6.55. The summed E-state index contributed by atoms with van der Waals surface area (Å²) >= 11 is 0. The van der Waals surface area contributed by atoms with Crippen LogP contribution >= 0.6 is 0 Å². The Balaban J connectivity index is 1.89. The molecule has 4 heteroatoms. The fourth-order valence-corrected chi connectivity index (χ4v) is 1.82. The molecule has 0 saturated heterocycles. The number of unbranched alkanes of at least 4 members (excludes halogenated alkanes) is 1. The molecule has 0 bridgehead atoms. The topological polar surface area (TPSA) is 55.1 Å². The Morgan fingerprint density at radius 2 is 2.00 bits per heavy atom. The highest BCUT2D eigenvalue weighted by Gasteiger charge is 2.01. The van der Waals surface area contributed by atoms with Gasteiger partial charge in [0.05, 0.1) is 11.9 Å². The van der Waals surface area contributed by atoms with Crippen molar-refractivity contribution in [2.75, 3.05) is 0 Å². The lowest BCUT2D eigenvalue weighted by Crippen LogP contribution is -1.95. The third kappa shape index (κ3) is 3.45. The van der Waals surface area contributed by atoms with E-state index in [4.69, 9.17) is 5.11 Å². The number of rotatable bonds is 6. The van der Waals surface area contributed by atoms with Gasteiger partial charge in [-0.05, 0) is 37.0 Å². The number of carbonyl (C=O) groups is 1. The van der Waals surface area contributed by atoms with Gasteiger partial charge in [-0.25, -0.2) is 4.68 Å². The molecule has 4 nitrogen and oxygen atoms in total. The second kappa shape index (κ2) is 6.00. The summed E-state index contributed by atoms with van der Waals surface area (Å²) in [6, 6.07) is 9.93. The van der Waals surface area contributed by atoms with Gasteiger partial charge < -0.3 is 5.11 Å². The van der Waals surface area contributed by atoms with Crippen molar-refractivity contribution in [1.82, 2.24) is 9.78 Å². The summed E-state index contributed by atoms with van der Waals surface area (Å²) in [5, 5.41) is 12.8. The molecule has 0 aliphatic rings. The van der Waals surface area contributed by atoms with Crippen LogP contribution in [-0.4, -0.2) is 20.9 Å². The Kier molecular flexibility index (Phi) is 4.12. The van der Waals surface area contributed by atoms with Crippen molar-refractivity contribution < 1.29 is 9.90 Å². The van der Waals surface area contributed by atoms with Crippen molar-refractivity contribution in [2.24, 2.45) is 0 Å². The Morgan fingerprint density at radius 3 is 2.72 bits per heavy atom. The van der Waals surface area contributed by atoms with Gasteiger partial charge in [-0.1, -0.05) is 18.2 Å². The summed E-state index contributed by atoms with van der Waals surface area (Å²) in [5.74, 6) is -0.727.